The van der Waals surface area contributed by atoms with E-state index in [0.29, 0.717) is 43.7 Å². The van der Waals surface area contributed by atoms with E-state index in [4.69, 9.17) is 11.5 Å². The molecular weight excluding hydrogens is 400 g/mol. The van der Waals surface area contributed by atoms with Crippen LogP contribution in [0.25, 0.3) is 11.6 Å². The van der Waals surface area contributed by atoms with Crippen molar-refractivity contribution in [1.29, 1.82) is 0 Å². The number of hydrogen-bond donors (Lipinski definition) is 5. The number of aliphatic hydroxyl groups is 3. The Bertz CT molecular complexity index is 1070. The Hall–Kier alpha value is -2.34. The number of rotatable bonds is 2. The fourth-order valence-corrected chi connectivity index (χ4v) is 6.70. The van der Waals surface area contributed by atoms with Gasteiger partial charge in [-0.05, 0) is 97.1 Å². The van der Waals surface area contributed by atoms with Gasteiger partial charge in [0.1, 0.15) is 0 Å². The molecule has 7 N–H and O–H groups in total. The Morgan fingerprint density at radius 3 is 2.75 bits per heavy atom. The van der Waals surface area contributed by atoms with Crippen LogP contribution in [0, 0.1) is 11.3 Å². The van der Waals surface area contributed by atoms with E-state index in [-0.39, 0.29) is 5.41 Å². The molecule has 4 aliphatic rings. The minimum atomic E-state index is -0.859. The third kappa shape index (κ3) is 3.26. The molecule has 1 aromatic rings. The van der Waals surface area contributed by atoms with E-state index in [1.54, 1.807) is 6.08 Å². The molecule has 4 aliphatic carbocycles. The van der Waals surface area contributed by atoms with Crippen molar-refractivity contribution in [3.05, 3.63) is 64.4 Å². The zero-order valence-corrected chi connectivity index (χ0v) is 18.7. The Balaban J connectivity index is 1.51. The highest BCUT2D eigenvalue weighted by molar-refractivity contribution is 5.78. The first-order valence-electron chi connectivity index (χ1n) is 11.8. The first kappa shape index (κ1) is 21.5. The van der Waals surface area contributed by atoms with Gasteiger partial charge in [-0.25, -0.2) is 0 Å². The molecule has 170 valence electrons. The highest BCUT2D eigenvalue weighted by Gasteiger charge is 2.50. The number of fused-ring (bicyclic) bond motifs is 3. The number of hydrogen-bond acceptors (Lipinski definition) is 5. The number of nitrogen functional groups attached to an aromatic ring is 1. The number of allylic oxidation sites excluding steroid dienone is 3. The molecular formula is C27H34N2O3. The lowest BCUT2D eigenvalue weighted by Crippen LogP contribution is -2.38. The van der Waals surface area contributed by atoms with Gasteiger partial charge in [-0.1, -0.05) is 36.8 Å². The van der Waals surface area contributed by atoms with Gasteiger partial charge < -0.3 is 26.8 Å². The Morgan fingerprint density at radius 1 is 1.19 bits per heavy atom. The maximum atomic E-state index is 11.3. The lowest BCUT2D eigenvalue weighted by Gasteiger charge is -2.43. The minimum absolute atomic E-state index is 0.188. The second kappa shape index (κ2) is 7.62. The molecule has 1 fully saturated rings. The van der Waals surface area contributed by atoms with Crippen LogP contribution >= 0.6 is 0 Å². The first-order valence-corrected chi connectivity index (χ1v) is 11.8. The SMILES string of the molecule is CC12CC(O)C3=C(CC[C@@]4(O)CCC(O)CC4=C3)C1CC=C2c1ccc(/C=C\N)c(N)c1. The maximum Gasteiger partial charge on any atom is 0.0864 e. The summed E-state index contributed by atoms with van der Waals surface area (Å²) in [7, 11) is 0. The maximum absolute atomic E-state index is 11.3. The smallest absolute Gasteiger partial charge is 0.0864 e. The van der Waals surface area contributed by atoms with Crippen molar-refractivity contribution in [2.75, 3.05) is 5.73 Å². The highest BCUT2D eigenvalue weighted by atomic mass is 16.3. The molecule has 0 heterocycles. The zero-order valence-electron chi connectivity index (χ0n) is 18.7. The van der Waals surface area contributed by atoms with Crippen LogP contribution in [0.2, 0.25) is 0 Å². The monoisotopic (exact) mass is 434 g/mol. The molecule has 5 heteroatoms. The van der Waals surface area contributed by atoms with E-state index in [1.165, 1.54) is 17.3 Å². The van der Waals surface area contributed by atoms with E-state index >= 15 is 0 Å². The van der Waals surface area contributed by atoms with Gasteiger partial charge >= 0.3 is 0 Å². The second-order valence-electron chi connectivity index (χ2n) is 10.3. The molecule has 5 rings (SSSR count). The fraction of sp³-hybridized carbons (Fsp3) is 0.481. The summed E-state index contributed by atoms with van der Waals surface area (Å²) in [6.07, 6.45) is 11.4. The van der Waals surface area contributed by atoms with Crippen molar-refractivity contribution in [1.82, 2.24) is 0 Å². The largest absolute Gasteiger partial charge is 0.405 e. The van der Waals surface area contributed by atoms with E-state index in [1.807, 2.05) is 18.2 Å². The predicted octanol–water partition coefficient (Wildman–Crippen LogP) is 3.67. The molecule has 5 atom stereocenters. The second-order valence-corrected chi connectivity index (χ2v) is 10.3. The lowest BCUT2D eigenvalue weighted by molar-refractivity contribution is 0.00863. The van der Waals surface area contributed by atoms with Crippen LogP contribution in [0.1, 0.15) is 63.0 Å². The van der Waals surface area contributed by atoms with Gasteiger partial charge in [-0.3, -0.25) is 0 Å². The van der Waals surface area contributed by atoms with Crippen LogP contribution in [0.4, 0.5) is 5.69 Å². The van der Waals surface area contributed by atoms with Gasteiger partial charge in [0.15, 0.2) is 0 Å². The van der Waals surface area contributed by atoms with E-state index < -0.39 is 17.8 Å². The molecule has 0 saturated heterocycles. The van der Waals surface area contributed by atoms with Crippen molar-refractivity contribution < 1.29 is 15.3 Å². The summed E-state index contributed by atoms with van der Waals surface area (Å²) in [5.41, 5.74) is 17.9. The van der Waals surface area contributed by atoms with Gasteiger partial charge in [0, 0.05) is 11.1 Å². The zero-order chi connectivity index (χ0) is 22.7. The molecule has 0 amide bonds. The molecule has 0 spiro atoms. The Kier molecular flexibility index (Phi) is 5.12. The van der Waals surface area contributed by atoms with Crippen molar-refractivity contribution in [2.45, 2.75) is 69.7 Å². The van der Waals surface area contributed by atoms with Crippen LogP contribution in [-0.4, -0.2) is 33.1 Å². The molecule has 1 aromatic carbocycles. The summed E-state index contributed by atoms with van der Waals surface area (Å²) in [6, 6.07) is 6.10. The average Bonchev–Trinajstić information content (AvgIpc) is 3.00. The van der Waals surface area contributed by atoms with E-state index in [0.717, 1.165) is 35.1 Å². The van der Waals surface area contributed by atoms with Gasteiger partial charge in [0.25, 0.3) is 0 Å². The van der Waals surface area contributed by atoms with Crippen LogP contribution < -0.4 is 11.5 Å². The van der Waals surface area contributed by atoms with Crippen molar-refractivity contribution in [2.24, 2.45) is 17.1 Å². The average molecular weight is 435 g/mol. The molecule has 32 heavy (non-hydrogen) atoms. The lowest BCUT2D eigenvalue weighted by atomic mass is 9.61. The summed E-state index contributed by atoms with van der Waals surface area (Å²) in [4.78, 5) is 0. The molecule has 1 saturated carbocycles. The summed E-state index contributed by atoms with van der Waals surface area (Å²) in [5, 5.41) is 32.8. The summed E-state index contributed by atoms with van der Waals surface area (Å²) in [5.74, 6) is 0.297. The van der Waals surface area contributed by atoms with Gasteiger partial charge in [0.05, 0.1) is 17.8 Å². The standard InChI is InChI=1S/C27H34N2O3/c1-26-15-25(31)21-14-18-13-19(30)6-9-27(18,32)10-7-20(21)23(26)5-4-22(26)17-3-2-16(8-11-28)24(29)12-17/h2-4,8,11-12,14,19,23,25,30-32H,5-7,9-10,13,15,28-29H2,1H3/b11-8-/t19?,23?,25?,26?,27-/m0/s1. The van der Waals surface area contributed by atoms with Gasteiger partial charge in [-0.2, -0.15) is 0 Å². The Labute approximate surface area is 189 Å². The van der Waals surface area contributed by atoms with Crippen LogP contribution in [0.5, 0.6) is 0 Å². The normalized spacial score (nSPS) is 36.8. The molecule has 0 aromatic heterocycles. The quantitative estimate of drug-likeness (QED) is 0.456. The van der Waals surface area contributed by atoms with Gasteiger partial charge in [-0.15, -0.1) is 0 Å². The van der Waals surface area contributed by atoms with Crippen LogP contribution in [0.3, 0.4) is 0 Å². The molecule has 4 unspecified atom stereocenters. The van der Waals surface area contributed by atoms with Gasteiger partial charge in [0.2, 0.25) is 0 Å². The summed E-state index contributed by atoms with van der Waals surface area (Å²) in [6.45, 7) is 2.26. The third-order valence-corrected chi connectivity index (χ3v) is 8.47. The molecule has 0 bridgehead atoms. The predicted molar refractivity (Wildman–Crippen MR) is 128 cm³/mol. The topological polar surface area (TPSA) is 113 Å². The number of aliphatic hydroxyl groups excluding tert-OH is 2. The summed E-state index contributed by atoms with van der Waals surface area (Å²) >= 11 is 0. The third-order valence-electron chi connectivity index (χ3n) is 8.47. The molecule has 5 nitrogen and oxygen atoms in total. The van der Waals surface area contributed by atoms with Crippen molar-refractivity contribution in [3.8, 4) is 0 Å². The van der Waals surface area contributed by atoms with E-state index in [9.17, 15) is 15.3 Å². The van der Waals surface area contributed by atoms with Crippen molar-refractivity contribution in [3.63, 3.8) is 0 Å². The number of benzene rings is 1. The molecule has 0 aliphatic heterocycles. The Morgan fingerprint density at radius 2 is 2.00 bits per heavy atom. The fourth-order valence-electron chi connectivity index (χ4n) is 6.70. The number of nitrogens with two attached hydrogens (primary N) is 2. The highest BCUT2D eigenvalue weighted by Crippen LogP contribution is 2.60. The van der Waals surface area contributed by atoms with Crippen LogP contribution in [-0.2, 0) is 0 Å². The van der Waals surface area contributed by atoms with Crippen LogP contribution in [0.15, 0.2) is 53.3 Å². The number of anilines is 1. The molecule has 0 radical (unpaired) electrons. The summed E-state index contributed by atoms with van der Waals surface area (Å²) < 4.78 is 0. The van der Waals surface area contributed by atoms with Crippen molar-refractivity contribution >= 4 is 17.3 Å². The van der Waals surface area contributed by atoms with E-state index in [2.05, 4.69) is 19.1 Å². The first-order chi connectivity index (χ1) is 15.2. The minimum Gasteiger partial charge on any atom is -0.405 e.